The molecule has 0 fully saturated rings. The number of fused-ring (bicyclic) bond motifs is 1. The van der Waals surface area contributed by atoms with Crippen molar-refractivity contribution in [2.75, 3.05) is 0 Å². The minimum atomic E-state index is -0.178. The fourth-order valence-electron chi connectivity index (χ4n) is 3.30. The number of hydrogen-bond acceptors (Lipinski definition) is 3. The smallest absolute Gasteiger partial charge is 0.274 e. The van der Waals surface area contributed by atoms with Gasteiger partial charge in [0.15, 0.2) is 5.69 Å². The van der Waals surface area contributed by atoms with Gasteiger partial charge in [-0.3, -0.25) is 4.79 Å². The second-order valence-corrected chi connectivity index (χ2v) is 7.09. The highest BCUT2D eigenvalue weighted by atomic mass is 79.9. The van der Waals surface area contributed by atoms with Crippen LogP contribution in [0.25, 0.3) is 5.69 Å². The molecule has 1 aromatic heterocycles. The summed E-state index contributed by atoms with van der Waals surface area (Å²) in [7, 11) is 0. The van der Waals surface area contributed by atoms with Gasteiger partial charge in [-0.25, -0.2) is 4.68 Å². The standard InChI is InChI=1S/C19H17BrN4O/c1-12-18(22-23-24(12)15-9-7-14(20)8-10-15)19(25)21-17-11-6-13-4-2-3-5-16(13)17/h2-5,7-10,17H,6,11H2,1H3,(H,21,25). The van der Waals surface area contributed by atoms with E-state index in [9.17, 15) is 4.79 Å². The van der Waals surface area contributed by atoms with Gasteiger partial charge in [-0.2, -0.15) is 0 Å². The summed E-state index contributed by atoms with van der Waals surface area (Å²) in [5.41, 5.74) is 4.48. The minimum Gasteiger partial charge on any atom is -0.344 e. The Hall–Kier alpha value is -2.47. The molecule has 1 amide bonds. The summed E-state index contributed by atoms with van der Waals surface area (Å²) in [4.78, 5) is 12.7. The van der Waals surface area contributed by atoms with E-state index in [-0.39, 0.29) is 11.9 Å². The molecule has 2 aromatic carbocycles. The van der Waals surface area contributed by atoms with Crippen molar-refractivity contribution >= 4 is 21.8 Å². The van der Waals surface area contributed by atoms with E-state index in [1.54, 1.807) is 4.68 Å². The Morgan fingerprint density at radius 2 is 1.96 bits per heavy atom. The average Bonchev–Trinajstić information content (AvgIpc) is 3.20. The average molecular weight is 397 g/mol. The normalized spacial score (nSPS) is 15.8. The first-order valence-electron chi connectivity index (χ1n) is 8.20. The molecule has 25 heavy (non-hydrogen) atoms. The van der Waals surface area contributed by atoms with Gasteiger partial charge in [0, 0.05) is 4.47 Å². The summed E-state index contributed by atoms with van der Waals surface area (Å²) in [6.07, 6.45) is 1.91. The lowest BCUT2D eigenvalue weighted by Gasteiger charge is -2.13. The van der Waals surface area contributed by atoms with Crippen LogP contribution in [-0.2, 0) is 6.42 Å². The van der Waals surface area contributed by atoms with Crippen LogP contribution >= 0.6 is 15.9 Å². The van der Waals surface area contributed by atoms with Gasteiger partial charge in [0.25, 0.3) is 5.91 Å². The maximum absolute atomic E-state index is 12.7. The number of hydrogen-bond donors (Lipinski definition) is 1. The van der Waals surface area contributed by atoms with Crippen LogP contribution in [0.4, 0.5) is 0 Å². The highest BCUT2D eigenvalue weighted by Crippen LogP contribution is 2.31. The molecule has 1 aliphatic carbocycles. The van der Waals surface area contributed by atoms with Gasteiger partial charge in [0.2, 0.25) is 0 Å². The predicted molar refractivity (Wildman–Crippen MR) is 98.8 cm³/mol. The van der Waals surface area contributed by atoms with Crippen LogP contribution in [-0.4, -0.2) is 20.9 Å². The first kappa shape index (κ1) is 16.0. The minimum absolute atomic E-state index is 0.0425. The summed E-state index contributed by atoms with van der Waals surface area (Å²) in [5.74, 6) is -0.178. The number of carbonyl (C=O) groups excluding carboxylic acids is 1. The number of carbonyl (C=O) groups is 1. The van der Waals surface area contributed by atoms with Crippen molar-refractivity contribution in [2.24, 2.45) is 0 Å². The summed E-state index contributed by atoms with van der Waals surface area (Å²) < 4.78 is 2.68. The van der Waals surface area contributed by atoms with E-state index in [4.69, 9.17) is 0 Å². The maximum atomic E-state index is 12.7. The van der Waals surface area contributed by atoms with Gasteiger partial charge < -0.3 is 5.32 Å². The molecule has 3 aromatic rings. The van der Waals surface area contributed by atoms with Gasteiger partial charge in [-0.05, 0) is 55.2 Å². The number of nitrogens with one attached hydrogen (secondary N) is 1. The fourth-order valence-corrected chi connectivity index (χ4v) is 3.56. The lowest BCUT2D eigenvalue weighted by atomic mass is 10.1. The Balaban J connectivity index is 1.57. The third-order valence-electron chi connectivity index (χ3n) is 4.62. The summed E-state index contributed by atoms with van der Waals surface area (Å²) in [6.45, 7) is 1.86. The van der Waals surface area contributed by atoms with Crippen molar-refractivity contribution in [2.45, 2.75) is 25.8 Å². The van der Waals surface area contributed by atoms with Crippen molar-refractivity contribution in [3.63, 3.8) is 0 Å². The molecule has 0 spiro atoms. The topological polar surface area (TPSA) is 59.8 Å². The lowest BCUT2D eigenvalue weighted by molar-refractivity contribution is 0.0931. The van der Waals surface area contributed by atoms with Gasteiger partial charge in [-0.1, -0.05) is 45.4 Å². The Morgan fingerprint density at radius 1 is 1.20 bits per heavy atom. The number of benzene rings is 2. The molecule has 0 saturated heterocycles. The molecule has 126 valence electrons. The first-order valence-corrected chi connectivity index (χ1v) is 8.99. The number of aryl methyl sites for hydroxylation is 1. The number of halogens is 1. The lowest BCUT2D eigenvalue weighted by Crippen LogP contribution is -2.28. The third kappa shape index (κ3) is 2.98. The number of nitrogens with zero attached hydrogens (tertiary/aromatic N) is 3. The molecule has 1 unspecified atom stereocenters. The van der Waals surface area contributed by atoms with E-state index in [2.05, 4.69) is 43.7 Å². The second-order valence-electron chi connectivity index (χ2n) is 6.18. The van der Waals surface area contributed by atoms with E-state index < -0.39 is 0 Å². The summed E-state index contributed by atoms with van der Waals surface area (Å²) in [6, 6.07) is 16.0. The van der Waals surface area contributed by atoms with Crippen LogP contribution in [0, 0.1) is 6.92 Å². The molecule has 1 aliphatic rings. The first-order chi connectivity index (χ1) is 12.1. The third-order valence-corrected chi connectivity index (χ3v) is 5.15. The molecule has 0 saturated carbocycles. The number of amides is 1. The van der Waals surface area contributed by atoms with Gasteiger partial charge >= 0.3 is 0 Å². The van der Waals surface area contributed by atoms with Crippen molar-refractivity contribution in [1.29, 1.82) is 0 Å². The van der Waals surface area contributed by atoms with E-state index in [1.807, 2.05) is 43.3 Å². The molecule has 5 nitrogen and oxygen atoms in total. The monoisotopic (exact) mass is 396 g/mol. The van der Waals surface area contributed by atoms with Crippen molar-refractivity contribution in [3.8, 4) is 5.69 Å². The maximum Gasteiger partial charge on any atom is 0.274 e. The van der Waals surface area contributed by atoms with Gasteiger partial charge in [-0.15, -0.1) is 5.10 Å². The second kappa shape index (κ2) is 6.44. The Morgan fingerprint density at radius 3 is 2.76 bits per heavy atom. The van der Waals surface area contributed by atoms with Crippen LogP contribution in [0.1, 0.15) is 39.8 Å². The molecule has 0 radical (unpaired) electrons. The van der Waals surface area contributed by atoms with Gasteiger partial charge in [0.05, 0.1) is 17.4 Å². The highest BCUT2D eigenvalue weighted by Gasteiger charge is 2.26. The predicted octanol–water partition coefficient (Wildman–Crippen LogP) is 3.76. The molecule has 0 aliphatic heterocycles. The van der Waals surface area contributed by atoms with Gasteiger partial charge in [0.1, 0.15) is 0 Å². The Bertz CT molecular complexity index is 933. The molecule has 1 atom stereocenters. The van der Waals surface area contributed by atoms with Crippen molar-refractivity contribution in [3.05, 3.63) is 75.5 Å². The molecule has 6 heteroatoms. The molecular formula is C19H17BrN4O. The molecule has 0 bridgehead atoms. The largest absolute Gasteiger partial charge is 0.344 e. The zero-order valence-electron chi connectivity index (χ0n) is 13.7. The number of rotatable bonds is 3. The van der Waals surface area contributed by atoms with Crippen LogP contribution in [0.3, 0.4) is 0 Å². The summed E-state index contributed by atoms with van der Waals surface area (Å²) >= 11 is 3.42. The van der Waals surface area contributed by atoms with Crippen LogP contribution < -0.4 is 5.32 Å². The summed E-state index contributed by atoms with van der Waals surface area (Å²) in [5, 5.41) is 11.4. The van der Waals surface area contributed by atoms with Crippen LogP contribution in [0.5, 0.6) is 0 Å². The molecule has 1 N–H and O–H groups in total. The van der Waals surface area contributed by atoms with E-state index >= 15 is 0 Å². The van der Waals surface area contributed by atoms with E-state index in [0.717, 1.165) is 28.7 Å². The van der Waals surface area contributed by atoms with Crippen molar-refractivity contribution in [1.82, 2.24) is 20.3 Å². The zero-order valence-corrected chi connectivity index (χ0v) is 15.3. The quantitative estimate of drug-likeness (QED) is 0.732. The highest BCUT2D eigenvalue weighted by molar-refractivity contribution is 9.10. The Labute approximate surface area is 154 Å². The van der Waals surface area contributed by atoms with E-state index in [1.165, 1.54) is 11.1 Å². The van der Waals surface area contributed by atoms with Crippen LogP contribution in [0.15, 0.2) is 53.0 Å². The number of aromatic nitrogens is 3. The SMILES string of the molecule is Cc1c(C(=O)NC2CCc3ccccc32)nnn1-c1ccc(Br)cc1. The Kier molecular flexibility index (Phi) is 4.13. The fraction of sp³-hybridized carbons (Fsp3) is 0.211. The zero-order chi connectivity index (χ0) is 17.4. The molecule has 4 rings (SSSR count). The van der Waals surface area contributed by atoms with Crippen LogP contribution in [0.2, 0.25) is 0 Å². The van der Waals surface area contributed by atoms with Crippen molar-refractivity contribution < 1.29 is 4.79 Å². The molecule has 1 heterocycles. The molecular weight excluding hydrogens is 380 g/mol. The van der Waals surface area contributed by atoms with E-state index in [0.29, 0.717) is 5.69 Å².